The van der Waals surface area contributed by atoms with E-state index in [1.54, 1.807) is 45.0 Å². The lowest BCUT2D eigenvalue weighted by Gasteiger charge is -2.22. The second kappa shape index (κ2) is 11.4. The Morgan fingerprint density at radius 2 is 1.93 bits per heavy atom. The third kappa shape index (κ3) is 9.87. The Balaban J connectivity index is 2.38. The number of carbonyl (C=O) groups is 3. The zero-order chi connectivity index (χ0) is 21.9. The van der Waals surface area contributed by atoms with Gasteiger partial charge in [0.25, 0.3) is 0 Å². The molecule has 0 fully saturated rings. The SMILES string of the molecule is CC(C)(C)OC(=O)N[C@@H](CCCNC(=O)OCc1ccccc1N=[N+]=[N-])C(=O)O. The minimum absolute atomic E-state index is 0.0843. The zero-order valence-electron chi connectivity index (χ0n) is 16.5. The van der Waals surface area contributed by atoms with Crippen molar-refractivity contribution in [1.29, 1.82) is 0 Å². The molecule has 0 aliphatic heterocycles. The molecule has 3 N–H and O–H groups in total. The fourth-order valence-electron chi connectivity index (χ4n) is 2.18. The predicted octanol–water partition coefficient (Wildman–Crippen LogP) is 3.61. The molecule has 0 saturated carbocycles. The number of hydrogen-bond acceptors (Lipinski definition) is 6. The van der Waals surface area contributed by atoms with E-state index in [9.17, 15) is 19.5 Å². The van der Waals surface area contributed by atoms with Crippen molar-refractivity contribution in [2.24, 2.45) is 5.11 Å². The van der Waals surface area contributed by atoms with Crippen LogP contribution in [0.5, 0.6) is 0 Å². The summed E-state index contributed by atoms with van der Waals surface area (Å²) in [4.78, 5) is 37.4. The third-order valence-corrected chi connectivity index (χ3v) is 3.43. The predicted molar refractivity (Wildman–Crippen MR) is 103 cm³/mol. The number of nitrogens with one attached hydrogen (secondary N) is 2. The van der Waals surface area contributed by atoms with E-state index in [-0.39, 0.29) is 26.0 Å². The molecule has 0 heterocycles. The lowest BCUT2D eigenvalue weighted by Crippen LogP contribution is -2.43. The van der Waals surface area contributed by atoms with Gasteiger partial charge < -0.3 is 25.2 Å². The minimum Gasteiger partial charge on any atom is -0.480 e. The highest BCUT2D eigenvalue weighted by atomic mass is 16.6. The van der Waals surface area contributed by atoms with E-state index in [2.05, 4.69) is 20.7 Å². The van der Waals surface area contributed by atoms with Crippen LogP contribution >= 0.6 is 0 Å². The van der Waals surface area contributed by atoms with Crippen molar-refractivity contribution in [3.63, 3.8) is 0 Å². The number of aliphatic carboxylic acids is 1. The van der Waals surface area contributed by atoms with Crippen LogP contribution in [0, 0.1) is 0 Å². The largest absolute Gasteiger partial charge is 0.480 e. The maximum absolute atomic E-state index is 11.8. The van der Waals surface area contributed by atoms with Crippen molar-refractivity contribution in [3.8, 4) is 0 Å². The molecule has 0 saturated heterocycles. The number of hydrogen-bond donors (Lipinski definition) is 3. The number of carboxylic acid groups (broad SMARTS) is 1. The smallest absolute Gasteiger partial charge is 0.408 e. The second-order valence-corrected chi connectivity index (χ2v) is 7.00. The van der Waals surface area contributed by atoms with Crippen LogP contribution in [0.25, 0.3) is 10.4 Å². The van der Waals surface area contributed by atoms with Gasteiger partial charge in [-0.3, -0.25) is 0 Å². The van der Waals surface area contributed by atoms with E-state index >= 15 is 0 Å². The van der Waals surface area contributed by atoms with Gasteiger partial charge in [-0.15, -0.1) is 0 Å². The number of alkyl carbamates (subject to hydrolysis) is 2. The summed E-state index contributed by atoms with van der Waals surface area (Å²) >= 11 is 0. The first kappa shape index (κ1) is 23.6. The number of ether oxygens (including phenoxy) is 2. The number of rotatable bonds is 9. The molecule has 29 heavy (non-hydrogen) atoms. The molecular weight excluding hydrogens is 382 g/mol. The monoisotopic (exact) mass is 407 g/mol. The summed E-state index contributed by atoms with van der Waals surface area (Å²) in [6, 6.07) is 5.53. The van der Waals surface area contributed by atoms with Crippen LogP contribution in [0.15, 0.2) is 29.4 Å². The fraction of sp³-hybridized carbons (Fsp3) is 0.500. The molecule has 1 aromatic carbocycles. The van der Waals surface area contributed by atoms with E-state index in [0.29, 0.717) is 11.3 Å². The Bertz CT molecular complexity index is 770. The molecule has 1 aromatic rings. The van der Waals surface area contributed by atoms with E-state index in [0.717, 1.165) is 0 Å². The Kier molecular flexibility index (Phi) is 9.27. The standard InChI is InChI=1S/C18H25N5O6/c1-18(2,3)29-17(27)21-14(15(24)25)9-6-10-20-16(26)28-11-12-7-4-5-8-13(12)22-23-19/h4-5,7-8,14H,6,9-11H2,1-3H3,(H,20,26)(H,21,27)(H,24,25)/t14-/m0/s1. The lowest BCUT2D eigenvalue weighted by molar-refractivity contribution is -0.139. The van der Waals surface area contributed by atoms with Crippen molar-refractivity contribution in [3.05, 3.63) is 40.3 Å². The molecule has 1 rings (SSSR count). The van der Waals surface area contributed by atoms with E-state index in [4.69, 9.17) is 15.0 Å². The Labute approximate surface area is 168 Å². The van der Waals surface area contributed by atoms with Gasteiger partial charge in [-0.2, -0.15) is 0 Å². The summed E-state index contributed by atoms with van der Waals surface area (Å²) in [5.74, 6) is -1.20. The van der Waals surface area contributed by atoms with E-state index in [1.807, 2.05) is 0 Å². The number of azide groups is 1. The van der Waals surface area contributed by atoms with E-state index in [1.165, 1.54) is 0 Å². The van der Waals surface area contributed by atoms with E-state index < -0.39 is 29.8 Å². The molecule has 0 unspecified atom stereocenters. The highest BCUT2D eigenvalue weighted by Gasteiger charge is 2.23. The average Bonchev–Trinajstić information content (AvgIpc) is 2.62. The molecule has 0 spiro atoms. The van der Waals surface area contributed by atoms with Gasteiger partial charge in [0.1, 0.15) is 18.2 Å². The van der Waals surface area contributed by atoms with Gasteiger partial charge in [-0.1, -0.05) is 29.4 Å². The molecule has 0 aromatic heterocycles. The Hall–Kier alpha value is -3.46. The molecule has 0 bridgehead atoms. The lowest BCUT2D eigenvalue weighted by atomic mass is 10.1. The van der Waals surface area contributed by atoms with Gasteiger partial charge in [0.15, 0.2) is 0 Å². The highest BCUT2D eigenvalue weighted by molar-refractivity contribution is 5.80. The summed E-state index contributed by atoms with van der Waals surface area (Å²) in [6.45, 7) is 5.07. The molecule has 0 aliphatic rings. The van der Waals surface area contributed by atoms with Crippen molar-refractivity contribution in [2.45, 2.75) is 51.9 Å². The first-order valence-corrected chi connectivity index (χ1v) is 8.88. The molecular formula is C18H25N5O6. The van der Waals surface area contributed by atoms with Gasteiger partial charge in [0, 0.05) is 17.1 Å². The summed E-state index contributed by atoms with van der Waals surface area (Å²) < 4.78 is 10.1. The average molecular weight is 407 g/mol. The van der Waals surface area contributed by atoms with Crippen molar-refractivity contribution in [1.82, 2.24) is 10.6 Å². The van der Waals surface area contributed by atoms with Gasteiger partial charge >= 0.3 is 18.2 Å². The summed E-state index contributed by atoms with van der Waals surface area (Å²) in [5.41, 5.74) is 8.69. The quantitative estimate of drug-likeness (QED) is 0.245. The fourth-order valence-corrected chi connectivity index (χ4v) is 2.18. The first-order chi connectivity index (χ1) is 13.6. The molecule has 0 aliphatic carbocycles. The first-order valence-electron chi connectivity index (χ1n) is 8.88. The summed E-state index contributed by atoms with van der Waals surface area (Å²) in [6.07, 6.45) is -1.14. The van der Waals surface area contributed by atoms with Gasteiger partial charge in [0.2, 0.25) is 0 Å². The van der Waals surface area contributed by atoms with Crippen LogP contribution in [-0.4, -0.2) is 41.4 Å². The number of amides is 2. The van der Waals surface area contributed by atoms with Crippen molar-refractivity contribution < 1.29 is 29.0 Å². The minimum atomic E-state index is -1.20. The maximum atomic E-state index is 11.8. The molecule has 1 atom stereocenters. The van der Waals surface area contributed by atoms with Gasteiger partial charge in [-0.05, 0) is 44.7 Å². The van der Waals surface area contributed by atoms with Crippen LogP contribution < -0.4 is 10.6 Å². The number of carboxylic acids is 1. The molecule has 11 heteroatoms. The third-order valence-electron chi connectivity index (χ3n) is 3.43. The van der Waals surface area contributed by atoms with Gasteiger partial charge in [-0.25, -0.2) is 14.4 Å². The molecule has 0 radical (unpaired) electrons. The molecule has 158 valence electrons. The summed E-state index contributed by atoms with van der Waals surface area (Å²) in [7, 11) is 0. The zero-order valence-corrected chi connectivity index (χ0v) is 16.5. The van der Waals surface area contributed by atoms with Crippen LogP contribution in [-0.2, 0) is 20.9 Å². The second-order valence-electron chi connectivity index (χ2n) is 7.00. The number of nitrogens with zero attached hydrogens (tertiary/aromatic N) is 3. The van der Waals surface area contributed by atoms with Crippen LogP contribution in [0.1, 0.15) is 39.2 Å². The Morgan fingerprint density at radius 1 is 1.24 bits per heavy atom. The number of carbonyl (C=O) groups excluding carboxylic acids is 2. The van der Waals surface area contributed by atoms with Crippen LogP contribution in [0.3, 0.4) is 0 Å². The van der Waals surface area contributed by atoms with Crippen LogP contribution in [0.4, 0.5) is 15.3 Å². The van der Waals surface area contributed by atoms with Crippen molar-refractivity contribution >= 4 is 23.8 Å². The maximum Gasteiger partial charge on any atom is 0.408 e. The summed E-state index contributed by atoms with van der Waals surface area (Å²) in [5, 5.41) is 17.5. The van der Waals surface area contributed by atoms with Gasteiger partial charge in [0.05, 0.1) is 0 Å². The highest BCUT2D eigenvalue weighted by Crippen LogP contribution is 2.19. The number of benzene rings is 1. The van der Waals surface area contributed by atoms with Crippen LogP contribution in [0.2, 0.25) is 0 Å². The van der Waals surface area contributed by atoms with Crippen molar-refractivity contribution in [2.75, 3.05) is 6.54 Å². The normalized spacial score (nSPS) is 11.6. The molecule has 11 nitrogen and oxygen atoms in total. The molecule has 2 amide bonds. The Morgan fingerprint density at radius 3 is 2.55 bits per heavy atom. The topological polar surface area (TPSA) is 163 Å².